The van der Waals surface area contributed by atoms with E-state index in [1.54, 1.807) is 0 Å². The van der Waals surface area contributed by atoms with E-state index in [9.17, 15) is 16.8 Å². The fourth-order valence-corrected chi connectivity index (χ4v) is 11.7. The first kappa shape index (κ1) is 14.5. The Morgan fingerprint density at radius 2 is 1.05 bits per heavy atom. The van der Waals surface area contributed by atoms with Crippen LogP contribution in [0.25, 0.3) is 0 Å². The van der Waals surface area contributed by atoms with Crippen molar-refractivity contribution in [3.8, 4) is 0 Å². The van der Waals surface area contributed by atoms with Crippen molar-refractivity contribution in [3.05, 3.63) is 0 Å². The van der Waals surface area contributed by atoms with E-state index >= 15 is 0 Å². The number of hydrogen-bond donors (Lipinski definition) is 0. The standard InChI is InChI=1S/C15H24O4S2/c16-20(17,14-7-10-1-3-12(14)5-10)9-21(18,19)15-8-11-2-4-13(15)6-11/h10-15H,1-9H2. The van der Waals surface area contributed by atoms with Crippen molar-refractivity contribution in [1.29, 1.82) is 0 Å². The summed E-state index contributed by atoms with van der Waals surface area (Å²) in [4.78, 5) is 0. The van der Waals surface area contributed by atoms with E-state index < -0.39 is 24.8 Å². The maximum atomic E-state index is 12.6. The predicted octanol–water partition coefficient (Wildman–Crippen LogP) is 2.15. The molecule has 0 heterocycles. The van der Waals surface area contributed by atoms with E-state index in [-0.39, 0.29) is 22.3 Å². The summed E-state index contributed by atoms with van der Waals surface area (Å²) in [6.45, 7) is 0. The summed E-state index contributed by atoms with van der Waals surface area (Å²) in [6, 6.07) is 0. The molecule has 0 N–H and O–H groups in total. The van der Waals surface area contributed by atoms with Gasteiger partial charge in [0.2, 0.25) is 0 Å². The number of fused-ring (bicyclic) bond motifs is 4. The third-order valence-corrected chi connectivity index (χ3v) is 12.2. The average molecular weight is 332 g/mol. The molecule has 0 radical (unpaired) electrons. The van der Waals surface area contributed by atoms with E-state index in [2.05, 4.69) is 0 Å². The molecule has 0 spiro atoms. The van der Waals surface area contributed by atoms with Gasteiger partial charge in [0.1, 0.15) is 0 Å². The van der Waals surface area contributed by atoms with Crippen LogP contribution in [0.15, 0.2) is 0 Å². The lowest BCUT2D eigenvalue weighted by molar-refractivity contribution is 0.460. The molecule has 4 aliphatic rings. The maximum absolute atomic E-state index is 12.6. The molecule has 21 heavy (non-hydrogen) atoms. The molecule has 0 aromatic rings. The SMILES string of the molecule is O=S(=O)(CS(=O)(=O)C1CC2CCC1C2)C1CC2CCC1C2. The Hall–Kier alpha value is -0.100. The number of hydrogen-bond acceptors (Lipinski definition) is 4. The molecule has 4 rings (SSSR count). The predicted molar refractivity (Wildman–Crippen MR) is 81.2 cm³/mol. The highest BCUT2D eigenvalue weighted by Crippen LogP contribution is 2.50. The first-order valence-electron chi connectivity index (χ1n) is 8.28. The molecule has 0 aliphatic heterocycles. The summed E-state index contributed by atoms with van der Waals surface area (Å²) in [5.74, 6) is 1.52. The van der Waals surface area contributed by atoms with Gasteiger partial charge >= 0.3 is 0 Å². The smallest absolute Gasteiger partial charge is 0.167 e. The average Bonchev–Trinajstić information content (AvgIpc) is 3.17. The lowest BCUT2D eigenvalue weighted by atomic mass is 10.0. The zero-order valence-electron chi connectivity index (χ0n) is 12.3. The summed E-state index contributed by atoms with van der Waals surface area (Å²) >= 11 is 0. The summed E-state index contributed by atoms with van der Waals surface area (Å²) < 4.78 is 50.5. The van der Waals surface area contributed by atoms with Crippen LogP contribution in [0.2, 0.25) is 0 Å². The highest BCUT2D eigenvalue weighted by atomic mass is 32.3. The molecule has 6 atom stereocenters. The summed E-state index contributed by atoms with van der Waals surface area (Å²) in [5.41, 5.74) is 0. The Morgan fingerprint density at radius 1 is 0.619 bits per heavy atom. The summed E-state index contributed by atoms with van der Waals surface area (Å²) in [7, 11) is -6.98. The van der Waals surface area contributed by atoms with Gasteiger partial charge in [-0.1, -0.05) is 12.8 Å². The fraction of sp³-hybridized carbons (Fsp3) is 1.00. The van der Waals surface area contributed by atoms with Crippen LogP contribution in [0, 0.1) is 23.7 Å². The third-order valence-electron chi connectivity index (χ3n) is 6.60. The van der Waals surface area contributed by atoms with Crippen LogP contribution in [0.5, 0.6) is 0 Å². The molecular weight excluding hydrogens is 308 g/mol. The second-order valence-corrected chi connectivity index (χ2v) is 12.7. The molecule has 6 heteroatoms. The van der Waals surface area contributed by atoms with Crippen molar-refractivity contribution in [2.45, 2.75) is 61.9 Å². The molecule has 0 aromatic carbocycles. The topological polar surface area (TPSA) is 68.3 Å². The van der Waals surface area contributed by atoms with Gasteiger partial charge in [-0.05, 0) is 62.2 Å². The van der Waals surface area contributed by atoms with Gasteiger partial charge < -0.3 is 0 Å². The Labute approximate surface area is 127 Å². The second-order valence-electron chi connectivity index (χ2n) is 7.87. The number of sulfone groups is 2. The van der Waals surface area contributed by atoms with Gasteiger partial charge in [0.05, 0.1) is 10.5 Å². The summed E-state index contributed by atoms with van der Waals surface area (Å²) in [6.07, 6.45) is 7.63. The normalized spacial score (nSPS) is 45.5. The Bertz CT molecular complexity index is 581. The van der Waals surface area contributed by atoms with Gasteiger partial charge in [0.25, 0.3) is 0 Å². The van der Waals surface area contributed by atoms with E-state index in [0.717, 1.165) is 38.5 Å². The largest absolute Gasteiger partial charge is 0.227 e. The molecule has 0 saturated heterocycles. The molecule has 0 aromatic heterocycles. The van der Waals surface area contributed by atoms with Crippen molar-refractivity contribution in [3.63, 3.8) is 0 Å². The molecule has 4 saturated carbocycles. The van der Waals surface area contributed by atoms with Crippen LogP contribution < -0.4 is 0 Å². The molecule has 4 nitrogen and oxygen atoms in total. The first-order chi connectivity index (χ1) is 9.85. The molecule has 120 valence electrons. The van der Waals surface area contributed by atoms with Gasteiger partial charge in [-0.15, -0.1) is 0 Å². The van der Waals surface area contributed by atoms with Crippen molar-refractivity contribution in [1.82, 2.24) is 0 Å². The highest BCUT2D eigenvalue weighted by Gasteiger charge is 2.51. The van der Waals surface area contributed by atoms with Crippen molar-refractivity contribution >= 4 is 19.7 Å². The van der Waals surface area contributed by atoms with Crippen molar-refractivity contribution < 1.29 is 16.8 Å². The van der Waals surface area contributed by atoms with Crippen molar-refractivity contribution in [2.75, 3.05) is 5.08 Å². The highest BCUT2D eigenvalue weighted by molar-refractivity contribution is 8.08. The van der Waals surface area contributed by atoms with E-state index in [4.69, 9.17) is 0 Å². The van der Waals surface area contributed by atoms with Gasteiger partial charge in [-0.2, -0.15) is 0 Å². The second kappa shape index (κ2) is 4.70. The Morgan fingerprint density at radius 3 is 1.33 bits per heavy atom. The van der Waals surface area contributed by atoms with E-state index in [1.165, 1.54) is 0 Å². The third kappa shape index (κ3) is 2.37. The lowest BCUT2D eigenvalue weighted by Crippen LogP contribution is -2.37. The monoisotopic (exact) mass is 332 g/mol. The van der Waals surface area contributed by atoms with E-state index in [1.807, 2.05) is 0 Å². The van der Waals surface area contributed by atoms with Gasteiger partial charge in [0.15, 0.2) is 24.8 Å². The minimum atomic E-state index is -3.49. The molecular formula is C15H24O4S2. The molecule has 4 aliphatic carbocycles. The van der Waals surface area contributed by atoms with Crippen LogP contribution in [0.3, 0.4) is 0 Å². The molecule has 4 fully saturated rings. The van der Waals surface area contributed by atoms with Gasteiger partial charge in [0, 0.05) is 0 Å². The quantitative estimate of drug-likeness (QED) is 0.791. The van der Waals surface area contributed by atoms with Crippen LogP contribution in [0.4, 0.5) is 0 Å². The van der Waals surface area contributed by atoms with Crippen LogP contribution in [-0.4, -0.2) is 32.4 Å². The summed E-state index contributed by atoms with van der Waals surface area (Å²) in [5, 5.41) is -1.32. The minimum Gasteiger partial charge on any atom is -0.227 e. The fourth-order valence-electron chi connectivity index (χ4n) is 5.66. The maximum Gasteiger partial charge on any atom is 0.167 e. The molecule has 6 unspecified atom stereocenters. The van der Waals surface area contributed by atoms with Crippen LogP contribution in [0.1, 0.15) is 51.4 Å². The number of rotatable bonds is 4. The van der Waals surface area contributed by atoms with Crippen LogP contribution in [-0.2, 0) is 19.7 Å². The minimum absolute atomic E-state index is 0.232. The van der Waals surface area contributed by atoms with Crippen LogP contribution >= 0.6 is 0 Å². The molecule has 0 amide bonds. The lowest BCUT2D eigenvalue weighted by Gasteiger charge is -2.25. The van der Waals surface area contributed by atoms with Gasteiger partial charge in [-0.3, -0.25) is 0 Å². The zero-order chi connectivity index (χ0) is 14.8. The Balaban J connectivity index is 1.52. The van der Waals surface area contributed by atoms with Crippen molar-refractivity contribution in [2.24, 2.45) is 23.7 Å². The zero-order valence-corrected chi connectivity index (χ0v) is 13.9. The van der Waals surface area contributed by atoms with Gasteiger partial charge in [-0.25, -0.2) is 16.8 Å². The van der Waals surface area contributed by atoms with E-state index in [0.29, 0.717) is 24.7 Å². The Kier molecular flexibility index (Phi) is 3.24. The molecule has 4 bridgehead atoms. The first-order valence-corrected chi connectivity index (χ1v) is 11.7.